The third-order valence-electron chi connectivity index (χ3n) is 3.12. The largest absolute Gasteiger partial charge is 0.381 e. The average molecular weight is 205 g/mol. The minimum Gasteiger partial charge on any atom is -0.381 e. The number of benzene rings is 1. The van der Waals surface area contributed by atoms with Gasteiger partial charge in [0, 0.05) is 19.8 Å². The van der Waals surface area contributed by atoms with E-state index in [4.69, 9.17) is 10.5 Å². The molecule has 15 heavy (non-hydrogen) atoms. The molecule has 1 aliphatic heterocycles. The number of hydrogen-bond donors (Lipinski definition) is 1. The van der Waals surface area contributed by atoms with Gasteiger partial charge in [-0.1, -0.05) is 24.3 Å². The van der Waals surface area contributed by atoms with Gasteiger partial charge < -0.3 is 10.5 Å². The highest BCUT2D eigenvalue weighted by Crippen LogP contribution is 2.20. The van der Waals surface area contributed by atoms with E-state index in [1.807, 2.05) is 0 Å². The highest BCUT2D eigenvalue weighted by atomic mass is 16.5. The highest BCUT2D eigenvalue weighted by Gasteiger charge is 2.13. The molecule has 0 aromatic heterocycles. The molecular formula is C13H19NO. The van der Waals surface area contributed by atoms with E-state index in [1.165, 1.54) is 30.4 Å². The first kappa shape index (κ1) is 10.7. The maximum absolute atomic E-state index is 5.57. The SMILES string of the molecule is NCc1ccc(CC2CCOCC2)cc1. The first-order valence-corrected chi connectivity index (χ1v) is 5.74. The molecule has 0 atom stereocenters. The molecular weight excluding hydrogens is 186 g/mol. The molecule has 2 rings (SSSR count). The fourth-order valence-corrected chi connectivity index (χ4v) is 2.10. The van der Waals surface area contributed by atoms with E-state index in [-0.39, 0.29) is 0 Å². The van der Waals surface area contributed by atoms with Crippen LogP contribution in [0.5, 0.6) is 0 Å². The Kier molecular flexibility index (Phi) is 3.75. The van der Waals surface area contributed by atoms with Crippen LogP contribution in [0.1, 0.15) is 24.0 Å². The van der Waals surface area contributed by atoms with E-state index in [0.29, 0.717) is 6.54 Å². The Balaban J connectivity index is 1.91. The maximum atomic E-state index is 5.57. The lowest BCUT2D eigenvalue weighted by molar-refractivity contribution is 0.0665. The first-order valence-electron chi connectivity index (χ1n) is 5.74. The van der Waals surface area contributed by atoms with E-state index in [1.54, 1.807) is 0 Å². The van der Waals surface area contributed by atoms with Crippen LogP contribution in [0, 0.1) is 5.92 Å². The topological polar surface area (TPSA) is 35.2 Å². The minimum absolute atomic E-state index is 0.636. The molecule has 2 N–H and O–H groups in total. The second-order valence-corrected chi connectivity index (χ2v) is 4.28. The van der Waals surface area contributed by atoms with Gasteiger partial charge in [-0.05, 0) is 36.3 Å². The van der Waals surface area contributed by atoms with E-state index >= 15 is 0 Å². The number of hydrogen-bond acceptors (Lipinski definition) is 2. The van der Waals surface area contributed by atoms with Gasteiger partial charge >= 0.3 is 0 Å². The first-order chi connectivity index (χ1) is 7.38. The molecule has 1 heterocycles. The monoisotopic (exact) mass is 205 g/mol. The Morgan fingerprint density at radius 2 is 1.67 bits per heavy atom. The smallest absolute Gasteiger partial charge is 0.0468 e. The molecule has 0 spiro atoms. The summed E-state index contributed by atoms with van der Waals surface area (Å²) in [6.45, 7) is 2.51. The lowest BCUT2D eigenvalue weighted by atomic mass is 9.92. The van der Waals surface area contributed by atoms with Crippen LogP contribution < -0.4 is 5.73 Å². The Bertz CT molecular complexity index is 288. The van der Waals surface area contributed by atoms with Crippen molar-refractivity contribution in [2.75, 3.05) is 13.2 Å². The second-order valence-electron chi connectivity index (χ2n) is 4.28. The molecule has 2 heteroatoms. The van der Waals surface area contributed by atoms with Crippen molar-refractivity contribution in [2.24, 2.45) is 11.7 Å². The lowest BCUT2D eigenvalue weighted by Crippen LogP contribution is -2.17. The second kappa shape index (κ2) is 5.29. The predicted octanol–water partition coefficient (Wildman–Crippen LogP) is 2.11. The molecule has 1 fully saturated rings. The summed E-state index contributed by atoms with van der Waals surface area (Å²) in [5.74, 6) is 0.808. The number of nitrogens with two attached hydrogens (primary N) is 1. The Labute approximate surface area is 91.4 Å². The molecule has 0 amide bonds. The molecule has 1 aliphatic rings. The van der Waals surface area contributed by atoms with Crippen LogP contribution in [0.4, 0.5) is 0 Å². The van der Waals surface area contributed by atoms with Crippen molar-refractivity contribution >= 4 is 0 Å². The normalized spacial score (nSPS) is 17.9. The highest BCUT2D eigenvalue weighted by molar-refractivity contribution is 5.22. The maximum Gasteiger partial charge on any atom is 0.0468 e. The Hall–Kier alpha value is -0.860. The van der Waals surface area contributed by atoms with Gasteiger partial charge in [-0.3, -0.25) is 0 Å². The van der Waals surface area contributed by atoms with Crippen LogP contribution >= 0.6 is 0 Å². The molecule has 1 saturated heterocycles. The van der Waals surface area contributed by atoms with Crippen LogP contribution in [-0.4, -0.2) is 13.2 Å². The van der Waals surface area contributed by atoms with Crippen molar-refractivity contribution in [2.45, 2.75) is 25.8 Å². The van der Waals surface area contributed by atoms with E-state index < -0.39 is 0 Å². The van der Waals surface area contributed by atoms with Gasteiger partial charge in [0.15, 0.2) is 0 Å². The zero-order chi connectivity index (χ0) is 10.5. The summed E-state index contributed by atoms with van der Waals surface area (Å²) in [6, 6.07) is 8.68. The molecule has 0 unspecified atom stereocenters. The van der Waals surface area contributed by atoms with Crippen LogP contribution in [0.3, 0.4) is 0 Å². The van der Waals surface area contributed by atoms with Crippen LogP contribution in [0.15, 0.2) is 24.3 Å². The molecule has 82 valence electrons. The average Bonchev–Trinajstić information content (AvgIpc) is 2.31. The Morgan fingerprint density at radius 3 is 2.27 bits per heavy atom. The molecule has 1 aromatic carbocycles. The van der Waals surface area contributed by atoms with Gasteiger partial charge in [0.25, 0.3) is 0 Å². The van der Waals surface area contributed by atoms with Crippen molar-refractivity contribution in [3.63, 3.8) is 0 Å². The van der Waals surface area contributed by atoms with Gasteiger partial charge in [0.2, 0.25) is 0 Å². The van der Waals surface area contributed by atoms with E-state index in [9.17, 15) is 0 Å². The van der Waals surface area contributed by atoms with E-state index in [2.05, 4.69) is 24.3 Å². The molecule has 1 aromatic rings. The number of ether oxygens (including phenoxy) is 1. The standard InChI is InChI=1S/C13H19NO/c14-10-13-3-1-11(2-4-13)9-12-5-7-15-8-6-12/h1-4,12H,5-10,14H2. The quantitative estimate of drug-likeness (QED) is 0.820. The van der Waals surface area contributed by atoms with Crippen molar-refractivity contribution < 1.29 is 4.74 Å². The molecule has 2 nitrogen and oxygen atoms in total. The van der Waals surface area contributed by atoms with E-state index in [0.717, 1.165) is 19.1 Å². The van der Waals surface area contributed by atoms with Gasteiger partial charge in [-0.2, -0.15) is 0 Å². The third-order valence-corrected chi connectivity index (χ3v) is 3.12. The van der Waals surface area contributed by atoms with Crippen molar-refractivity contribution in [3.05, 3.63) is 35.4 Å². The van der Waals surface area contributed by atoms with Crippen molar-refractivity contribution in [1.29, 1.82) is 0 Å². The summed E-state index contributed by atoms with van der Waals surface area (Å²) >= 11 is 0. The van der Waals surface area contributed by atoms with Crippen molar-refractivity contribution in [1.82, 2.24) is 0 Å². The van der Waals surface area contributed by atoms with Gasteiger partial charge in [0.1, 0.15) is 0 Å². The predicted molar refractivity (Wildman–Crippen MR) is 61.6 cm³/mol. The fraction of sp³-hybridized carbons (Fsp3) is 0.538. The summed E-state index contributed by atoms with van der Waals surface area (Å²) in [4.78, 5) is 0. The van der Waals surface area contributed by atoms with Gasteiger partial charge in [-0.25, -0.2) is 0 Å². The summed E-state index contributed by atoms with van der Waals surface area (Å²) in [6.07, 6.45) is 3.60. The third kappa shape index (κ3) is 3.05. The summed E-state index contributed by atoms with van der Waals surface area (Å²) in [5.41, 5.74) is 8.21. The molecule has 0 bridgehead atoms. The Morgan fingerprint density at radius 1 is 1.07 bits per heavy atom. The molecule has 0 aliphatic carbocycles. The summed E-state index contributed by atoms with van der Waals surface area (Å²) in [5, 5.41) is 0. The van der Waals surface area contributed by atoms with Gasteiger partial charge in [-0.15, -0.1) is 0 Å². The summed E-state index contributed by atoms with van der Waals surface area (Å²) < 4.78 is 5.36. The van der Waals surface area contributed by atoms with Crippen molar-refractivity contribution in [3.8, 4) is 0 Å². The zero-order valence-electron chi connectivity index (χ0n) is 9.11. The minimum atomic E-state index is 0.636. The zero-order valence-corrected chi connectivity index (χ0v) is 9.11. The van der Waals surface area contributed by atoms with Crippen LogP contribution in [0.2, 0.25) is 0 Å². The van der Waals surface area contributed by atoms with Crippen LogP contribution in [-0.2, 0) is 17.7 Å². The van der Waals surface area contributed by atoms with Crippen LogP contribution in [0.25, 0.3) is 0 Å². The molecule has 0 saturated carbocycles. The molecule has 0 radical (unpaired) electrons. The fourth-order valence-electron chi connectivity index (χ4n) is 2.10. The number of rotatable bonds is 3. The lowest BCUT2D eigenvalue weighted by Gasteiger charge is -2.21. The van der Waals surface area contributed by atoms with Gasteiger partial charge in [0.05, 0.1) is 0 Å². The summed E-state index contributed by atoms with van der Waals surface area (Å²) in [7, 11) is 0.